The van der Waals surface area contributed by atoms with E-state index in [0.29, 0.717) is 30.0 Å². The van der Waals surface area contributed by atoms with Crippen molar-refractivity contribution in [3.05, 3.63) is 59.8 Å². The Labute approximate surface area is 156 Å². The van der Waals surface area contributed by atoms with Crippen LogP contribution in [0.25, 0.3) is 6.08 Å². The zero-order chi connectivity index (χ0) is 19.1. The van der Waals surface area contributed by atoms with Crippen LogP contribution >= 0.6 is 0 Å². The molecule has 2 aromatic rings. The Morgan fingerprint density at radius 3 is 2.74 bits per heavy atom. The van der Waals surface area contributed by atoms with E-state index in [4.69, 9.17) is 9.94 Å². The number of morpholine rings is 1. The zero-order valence-electron chi connectivity index (χ0n) is 14.6. The van der Waals surface area contributed by atoms with Crippen molar-refractivity contribution in [2.75, 3.05) is 36.5 Å². The van der Waals surface area contributed by atoms with Crippen molar-refractivity contribution in [2.45, 2.75) is 0 Å². The normalized spacial score (nSPS) is 14.2. The van der Waals surface area contributed by atoms with E-state index in [-0.39, 0.29) is 5.91 Å². The number of para-hydroxylation sites is 1. The molecule has 140 valence electrons. The number of rotatable bonds is 5. The van der Waals surface area contributed by atoms with Gasteiger partial charge in [-0.2, -0.15) is 0 Å². The highest BCUT2D eigenvalue weighted by atomic mass is 16.5. The molecule has 2 amide bonds. The second-order valence-corrected chi connectivity index (χ2v) is 5.85. The number of hydrogen-bond acceptors (Lipinski definition) is 6. The molecule has 8 nitrogen and oxygen atoms in total. The van der Waals surface area contributed by atoms with Crippen LogP contribution in [0.1, 0.15) is 15.9 Å². The molecule has 27 heavy (non-hydrogen) atoms. The predicted molar refractivity (Wildman–Crippen MR) is 101 cm³/mol. The number of carbonyl (C=O) groups is 2. The maximum absolute atomic E-state index is 12.7. The summed E-state index contributed by atoms with van der Waals surface area (Å²) in [5, 5.41) is 11.4. The first-order valence-corrected chi connectivity index (χ1v) is 8.48. The first-order chi connectivity index (χ1) is 13.2. The number of anilines is 2. The zero-order valence-corrected chi connectivity index (χ0v) is 14.6. The minimum absolute atomic E-state index is 0.278. The Kier molecular flexibility index (Phi) is 6.14. The van der Waals surface area contributed by atoms with Gasteiger partial charge in [0.1, 0.15) is 5.82 Å². The van der Waals surface area contributed by atoms with E-state index in [9.17, 15) is 9.59 Å². The first kappa shape index (κ1) is 18.6. The SMILES string of the molecule is O=C(C=Cc1ccccc1NC(=O)c1ccnc(N2CCOCC2)c1)NO. The van der Waals surface area contributed by atoms with Gasteiger partial charge in [-0.3, -0.25) is 14.8 Å². The number of nitrogens with one attached hydrogen (secondary N) is 2. The molecule has 0 atom stereocenters. The molecule has 1 saturated heterocycles. The van der Waals surface area contributed by atoms with Gasteiger partial charge in [-0.15, -0.1) is 0 Å². The minimum atomic E-state index is -0.652. The van der Waals surface area contributed by atoms with Gasteiger partial charge in [0.05, 0.1) is 13.2 Å². The van der Waals surface area contributed by atoms with Crippen LogP contribution in [0.15, 0.2) is 48.7 Å². The van der Waals surface area contributed by atoms with Crippen LogP contribution in [0.4, 0.5) is 11.5 Å². The van der Waals surface area contributed by atoms with E-state index in [1.807, 2.05) is 0 Å². The van der Waals surface area contributed by atoms with Crippen molar-refractivity contribution in [1.82, 2.24) is 10.5 Å². The molecule has 3 rings (SSSR count). The lowest BCUT2D eigenvalue weighted by Crippen LogP contribution is -2.36. The molecule has 1 aliphatic rings. The standard InChI is InChI=1S/C19H20N4O4/c24-18(22-26)6-5-14-3-1-2-4-16(14)21-19(25)15-7-8-20-17(13-15)23-9-11-27-12-10-23/h1-8,13,26H,9-12H2,(H,21,25)(H,22,24). The topological polar surface area (TPSA) is 104 Å². The summed E-state index contributed by atoms with van der Waals surface area (Å²) < 4.78 is 5.34. The minimum Gasteiger partial charge on any atom is -0.378 e. The lowest BCUT2D eigenvalue weighted by Gasteiger charge is -2.27. The summed E-state index contributed by atoms with van der Waals surface area (Å²) in [7, 11) is 0. The highest BCUT2D eigenvalue weighted by Gasteiger charge is 2.15. The third kappa shape index (κ3) is 4.90. The summed E-state index contributed by atoms with van der Waals surface area (Å²) in [5.74, 6) is -0.196. The third-order valence-electron chi connectivity index (χ3n) is 4.08. The Morgan fingerprint density at radius 1 is 1.19 bits per heavy atom. The number of hydrogen-bond donors (Lipinski definition) is 3. The van der Waals surface area contributed by atoms with Crippen molar-refractivity contribution in [2.24, 2.45) is 0 Å². The summed E-state index contributed by atoms with van der Waals surface area (Å²) in [6.45, 7) is 2.75. The van der Waals surface area contributed by atoms with Gasteiger partial charge >= 0.3 is 0 Å². The van der Waals surface area contributed by atoms with Crippen LogP contribution in [-0.2, 0) is 9.53 Å². The van der Waals surface area contributed by atoms with Crippen LogP contribution in [0.3, 0.4) is 0 Å². The van der Waals surface area contributed by atoms with E-state index in [2.05, 4.69) is 15.2 Å². The largest absolute Gasteiger partial charge is 0.378 e. The summed E-state index contributed by atoms with van der Waals surface area (Å²) in [6, 6.07) is 10.5. The monoisotopic (exact) mass is 368 g/mol. The maximum Gasteiger partial charge on any atom is 0.267 e. The van der Waals surface area contributed by atoms with Gasteiger partial charge in [0.25, 0.3) is 11.8 Å². The Bertz CT molecular complexity index is 847. The third-order valence-corrected chi connectivity index (χ3v) is 4.08. The highest BCUT2D eigenvalue weighted by Crippen LogP contribution is 2.19. The van der Waals surface area contributed by atoms with Gasteiger partial charge in [0, 0.05) is 36.6 Å². The number of carbonyl (C=O) groups excluding carboxylic acids is 2. The average Bonchev–Trinajstić information content (AvgIpc) is 2.73. The fourth-order valence-electron chi connectivity index (χ4n) is 2.68. The van der Waals surface area contributed by atoms with Crippen LogP contribution in [0, 0.1) is 0 Å². The molecule has 1 aromatic carbocycles. The highest BCUT2D eigenvalue weighted by molar-refractivity contribution is 6.06. The van der Waals surface area contributed by atoms with Gasteiger partial charge in [0.2, 0.25) is 0 Å². The molecule has 0 bridgehead atoms. The van der Waals surface area contributed by atoms with Crippen LogP contribution in [-0.4, -0.2) is 48.3 Å². The first-order valence-electron chi connectivity index (χ1n) is 8.48. The van der Waals surface area contributed by atoms with Gasteiger partial charge in [-0.05, 0) is 29.8 Å². The fraction of sp³-hybridized carbons (Fsp3) is 0.211. The van der Waals surface area contributed by atoms with Crippen molar-refractivity contribution in [3.8, 4) is 0 Å². The molecule has 0 aliphatic carbocycles. The quantitative estimate of drug-likeness (QED) is 0.422. The van der Waals surface area contributed by atoms with Crippen LogP contribution < -0.4 is 15.7 Å². The lowest BCUT2D eigenvalue weighted by atomic mass is 10.1. The van der Waals surface area contributed by atoms with E-state index < -0.39 is 5.91 Å². The number of pyridine rings is 1. The smallest absolute Gasteiger partial charge is 0.267 e. The van der Waals surface area contributed by atoms with Crippen LogP contribution in [0.5, 0.6) is 0 Å². The Hall–Kier alpha value is -3.23. The number of ether oxygens (including phenoxy) is 1. The van der Waals surface area contributed by atoms with Crippen molar-refractivity contribution >= 4 is 29.4 Å². The van der Waals surface area contributed by atoms with E-state index in [0.717, 1.165) is 18.9 Å². The Morgan fingerprint density at radius 2 is 1.96 bits per heavy atom. The van der Waals surface area contributed by atoms with Crippen LogP contribution in [0.2, 0.25) is 0 Å². The second kappa shape index (κ2) is 8.93. The Balaban J connectivity index is 1.76. The van der Waals surface area contributed by atoms with Gasteiger partial charge in [-0.1, -0.05) is 18.2 Å². The van der Waals surface area contributed by atoms with E-state index in [1.165, 1.54) is 17.6 Å². The summed E-state index contributed by atoms with van der Waals surface area (Å²) >= 11 is 0. The van der Waals surface area contributed by atoms with E-state index in [1.54, 1.807) is 42.6 Å². The second-order valence-electron chi connectivity index (χ2n) is 5.85. The van der Waals surface area contributed by atoms with Crippen molar-refractivity contribution in [3.63, 3.8) is 0 Å². The van der Waals surface area contributed by atoms with Gasteiger partial charge in [-0.25, -0.2) is 10.5 Å². The van der Waals surface area contributed by atoms with Gasteiger partial charge < -0.3 is 15.0 Å². The molecule has 0 radical (unpaired) electrons. The lowest BCUT2D eigenvalue weighted by molar-refractivity contribution is -0.124. The molecule has 3 N–H and O–H groups in total. The number of aromatic nitrogens is 1. The summed E-state index contributed by atoms with van der Waals surface area (Å²) in [4.78, 5) is 30.3. The molecule has 8 heteroatoms. The molecule has 1 aromatic heterocycles. The number of nitrogens with zero attached hydrogens (tertiary/aromatic N) is 2. The fourth-order valence-corrected chi connectivity index (χ4v) is 2.68. The molecule has 0 spiro atoms. The molecule has 0 unspecified atom stereocenters. The van der Waals surface area contributed by atoms with E-state index >= 15 is 0 Å². The molecule has 0 saturated carbocycles. The maximum atomic E-state index is 12.7. The molecule has 2 heterocycles. The molecular weight excluding hydrogens is 348 g/mol. The molecular formula is C19H20N4O4. The average molecular weight is 368 g/mol. The number of hydroxylamine groups is 1. The predicted octanol–water partition coefficient (Wildman–Crippen LogP) is 1.69. The summed E-state index contributed by atoms with van der Waals surface area (Å²) in [5.41, 5.74) is 3.20. The van der Waals surface area contributed by atoms with Crippen molar-refractivity contribution in [1.29, 1.82) is 0 Å². The molecule has 1 fully saturated rings. The summed E-state index contributed by atoms with van der Waals surface area (Å²) in [6.07, 6.45) is 4.29. The van der Waals surface area contributed by atoms with Crippen molar-refractivity contribution < 1.29 is 19.5 Å². The molecule has 1 aliphatic heterocycles. The van der Waals surface area contributed by atoms with Gasteiger partial charge in [0.15, 0.2) is 0 Å². The number of benzene rings is 1. The number of amides is 2.